The number of amides is 1. The quantitative estimate of drug-likeness (QED) is 0.530. The minimum Gasteiger partial charge on any atom is -0.490 e. The van der Waals surface area contributed by atoms with Gasteiger partial charge in [0.2, 0.25) is 11.7 Å². The van der Waals surface area contributed by atoms with Crippen LogP contribution in [0.15, 0.2) is 40.9 Å². The zero-order valence-electron chi connectivity index (χ0n) is 20.5. The summed E-state index contributed by atoms with van der Waals surface area (Å²) < 4.78 is 11.3. The average molecular weight is 499 g/mol. The van der Waals surface area contributed by atoms with Crippen molar-refractivity contribution >= 4 is 11.9 Å². The van der Waals surface area contributed by atoms with Gasteiger partial charge in [0.1, 0.15) is 11.8 Å². The molecule has 1 saturated carbocycles. The largest absolute Gasteiger partial charge is 0.490 e. The van der Waals surface area contributed by atoms with Gasteiger partial charge in [0.15, 0.2) is 0 Å². The van der Waals surface area contributed by atoms with Crippen LogP contribution in [-0.2, 0) is 16.0 Å². The van der Waals surface area contributed by atoms with Crippen LogP contribution in [0.5, 0.6) is 5.75 Å². The van der Waals surface area contributed by atoms with E-state index in [4.69, 9.17) is 9.26 Å². The first-order valence-corrected chi connectivity index (χ1v) is 12.5. The summed E-state index contributed by atoms with van der Waals surface area (Å²) in [5.41, 5.74) is 4.08. The molecule has 2 unspecified atom stereocenters. The van der Waals surface area contributed by atoms with Crippen LogP contribution in [0, 0.1) is 23.2 Å². The number of aromatic nitrogens is 2. The SMILES string of the molecule is CC(C)Oc1ccc(-c2nc(-c3cccc4c3CC3CC(=O)N(C5CC(C(=O)O)C5)C43)no2)cc1C#N. The number of aliphatic carboxylic acids is 1. The zero-order chi connectivity index (χ0) is 25.8. The van der Waals surface area contributed by atoms with E-state index in [0.29, 0.717) is 47.9 Å². The third-order valence-corrected chi connectivity index (χ3v) is 7.70. The number of carboxylic acids is 1. The van der Waals surface area contributed by atoms with Crippen molar-refractivity contribution in [3.8, 4) is 34.7 Å². The summed E-state index contributed by atoms with van der Waals surface area (Å²) in [5, 5.41) is 23.1. The molecule has 1 aliphatic heterocycles. The second kappa shape index (κ2) is 8.73. The molecule has 1 saturated heterocycles. The minimum atomic E-state index is -0.787. The predicted molar refractivity (Wildman–Crippen MR) is 131 cm³/mol. The number of likely N-dealkylation sites (tertiary alicyclic amines) is 1. The van der Waals surface area contributed by atoms with Crippen LogP contribution in [0.25, 0.3) is 22.8 Å². The number of benzene rings is 2. The number of carbonyl (C=O) groups is 2. The molecule has 1 aromatic heterocycles. The Labute approximate surface area is 213 Å². The van der Waals surface area contributed by atoms with Crippen LogP contribution in [0.1, 0.15) is 55.8 Å². The number of carboxylic acid groups (broad SMARTS) is 1. The number of fused-ring (bicyclic) bond motifs is 3. The van der Waals surface area contributed by atoms with Gasteiger partial charge in [-0.2, -0.15) is 10.2 Å². The fourth-order valence-corrected chi connectivity index (χ4v) is 6.00. The second-order valence-electron chi connectivity index (χ2n) is 10.4. The van der Waals surface area contributed by atoms with E-state index < -0.39 is 5.97 Å². The van der Waals surface area contributed by atoms with Crippen molar-refractivity contribution in [1.82, 2.24) is 15.0 Å². The lowest BCUT2D eigenvalue weighted by molar-refractivity contribution is -0.150. The first-order valence-electron chi connectivity index (χ1n) is 12.5. The maximum atomic E-state index is 12.9. The molecule has 9 nitrogen and oxygen atoms in total. The highest BCUT2D eigenvalue weighted by atomic mass is 16.5. The molecule has 1 amide bonds. The van der Waals surface area contributed by atoms with Crippen molar-refractivity contribution in [3.63, 3.8) is 0 Å². The van der Waals surface area contributed by atoms with Crippen molar-refractivity contribution in [3.05, 3.63) is 53.1 Å². The number of rotatable bonds is 6. The number of nitriles is 1. The number of nitrogens with zero attached hydrogens (tertiary/aromatic N) is 4. The van der Waals surface area contributed by atoms with E-state index in [1.165, 1.54) is 0 Å². The van der Waals surface area contributed by atoms with Gasteiger partial charge >= 0.3 is 5.97 Å². The maximum Gasteiger partial charge on any atom is 0.306 e. The van der Waals surface area contributed by atoms with Crippen LogP contribution >= 0.6 is 0 Å². The summed E-state index contributed by atoms with van der Waals surface area (Å²) in [6, 6.07) is 13.3. The van der Waals surface area contributed by atoms with Gasteiger partial charge in [-0.05, 0) is 68.4 Å². The van der Waals surface area contributed by atoms with Gasteiger partial charge in [-0.15, -0.1) is 0 Å². The zero-order valence-corrected chi connectivity index (χ0v) is 20.5. The van der Waals surface area contributed by atoms with Crippen LogP contribution < -0.4 is 4.74 Å². The van der Waals surface area contributed by atoms with E-state index in [9.17, 15) is 20.0 Å². The summed E-state index contributed by atoms with van der Waals surface area (Å²) in [7, 11) is 0. The molecule has 0 spiro atoms. The molecule has 188 valence electrons. The highest BCUT2D eigenvalue weighted by Crippen LogP contribution is 2.52. The summed E-state index contributed by atoms with van der Waals surface area (Å²) in [5.74, 6) is 0.392. The Bertz CT molecular complexity index is 1450. The van der Waals surface area contributed by atoms with Gasteiger partial charge in [0.25, 0.3) is 5.89 Å². The Morgan fingerprint density at radius 1 is 1.24 bits per heavy atom. The molecular formula is C28H26N4O5. The molecule has 2 fully saturated rings. The lowest BCUT2D eigenvalue weighted by Crippen LogP contribution is -2.48. The summed E-state index contributed by atoms with van der Waals surface area (Å²) in [6.07, 6.45) is 2.17. The molecule has 6 rings (SSSR count). The van der Waals surface area contributed by atoms with E-state index in [2.05, 4.69) is 22.3 Å². The van der Waals surface area contributed by atoms with Crippen LogP contribution in [-0.4, -0.2) is 44.2 Å². The summed E-state index contributed by atoms with van der Waals surface area (Å²) in [4.78, 5) is 30.7. The Hall–Kier alpha value is -4.19. The van der Waals surface area contributed by atoms with Crippen molar-refractivity contribution < 1.29 is 24.0 Å². The molecule has 0 radical (unpaired) electrons. The second-order valence-corrected chi connectivity index (χ2v) is 10.4. The Morgan fingerprint density at radius 2 is 2.05 bits per heavy atom. The number of carbonyl (C=O) groups excluding carboxylic acids is 1. The van der Waals surface area contributed by atoms with Crippen LogP contribution in [0.2, 0.25) is 0 Å². The van der Waals surface area contributed by atoms with Crippen molar-refractivity contribution in [2.24, 2.45) is 11.8 Å². The highest BCUT2D eigenvalue weighted by molar-refractivity contribution is 5.82. The van der Waals surface area contributed by atoms with Gasteiger partial charge in [-0.25, -0.2) is 0 Å². The molecule has 2 heterocycles. The van der Waals surface area contributed by atoms with Gasteiger partial charge in [-0.1, -0.05) is 23.4 Å². The number of hydrogen-bond donors (Lipinski definition) is 1. The molecule has 1 N–H and O–H groups in total. The Balaban J connectivity index is 1.29. The van der Waals surface area contributed by atoms with Gasteiger partial charge in [-0.3, -0.25) is 9.59 Å². The standard InChI is InChI=1S/C28H26N4O5/c1-14(2)36-23-7-6-15(8-18(23)13-29)27-30-26(31-37-27)21-5-3-4-20-22(21)11-16-12-24(33)32(25(16)20)19-9-17(10-19)28(34)35/h3-8,14,16-17,19,25H,9-12H2,1-2H3,(H,34,35). The smallest absolute Gasteiger partial charge is 0.306 e. The molecular weight excluding hydrogens is 472 g/mol. The monoisotopic (exact) mass is 498 g/mol. The highest BCUT2D eigenvalue weighted by Gasteiger charge is 2.52. The molecule has 3 aromatic rings. The van der Waals surface area contributed by atoms with E-state index in [1.807, 2.05) is 30.9 Å². The summed E-state index contributed by atoms with van der Waals surface area (Å²) >= 11 is 0. The lowest BCUT2D eigenvalue weighted by Gasteiger charge is -2.42. The van der Waals surface area contributed by atoms with Gasteiger partial charge in [0, 0.05) is 23.6 Å². The van der Waals surface area contributed by atoms with Gasteiger partial charge in [0.05, 0.1) is 23.6 Å². The molecule has 9 heteroatoms. The minimum absolute atomic E-state index is 0.0213. The normalized spacial score (nSPS) is 23.9. The van der Waals surface area contributed by atoms with Crippen LogP contribution in [0.3, 0.4) is 0 Å². The fourth-order valence-electron chi connectivity index (χ4n) is 6.00. The van der Waals surface area contributed by atoms with Crippen molar-refractivity contribution in [2.45, 2.75) is 57.7 Å². The molecule has 0 bridgehead atoms. The Kier molecular flexibility index (Phi) is 5.48. The summed E-state index contributed by atoms with van der Waals surface area (Å²) in [6.45, 7) is 3.81. The molecule has 2 aliphatic carbocycles. The van der Waals surface area contributed by atoms with E-state index in [0.717, 1.165) is 23.1 Å². The first kappa shape index (κ1) is 23.2. The van der Waals surface area contributed by atoms with E-state index in [1.54, 1.807) is 18.2 Å². The molecule has 2 aromatic carbocycles. The van der Waals surface area contributed by atoms with Crippen molar-refractivity contribution in [1.29, 1.82) is 5.26 Å². The topological polar surface area (TPSA) is 130 Å². The lowest BCUT2D eigenvalue weighted by atomic mass is 9.78. The third-order valence-electron chi connectivity index (χ3n) is 7.70. The van der Waals surface area contributed by atoms with Crippen LogP contribution in [0.4, 0.5) is 0 Å². The van der Waals surface area contributed by atoms with E-state index in [-0.39, 0.29) is 35.9 Å². The van der Waals surface area contributed by atoms with E-state index >= 15 is 0 Å². The first-order chi connectivity index (χ1) is 17.8. The predicted octanol–water partition coefficient (Wildman–Crippen LogP) is 4.37. The number of ether oxygens (including phenoxy) is 1. The fraction of sp³-hybridized carbons (Fsp3) is 0.393. The molecule has 3 aliphatic rings. The van der Waals surface area contributed by atoms with Crippen molar-refractivity contribution in [2.75, 3.05) is 0 Å². The number of hydrogen-bond acceptors (Lipinski definition) is 7. The maximum absolute atomic E-state index is 12.9. The third kappa shape index (κ3) is 3.84. The molecule has 2 atom stereocenters. The Morgan fingerprint density at radius 3 is 2.78 bits per heavy atom. The molecule has 37 heavy (non-hydrogen) atoms. The van der Waals surface area contributed by atoms with Gasteiger partial charge < -0.3 is 19.3 Å². The average Bonchev–Trinajstić information content (AvgIpc) is 3.52.